The van der Waals surface area contributed by atoms with Crippen LogP contribution in [0.5, 0.6) is 5.75 Å². The summed E-state index contributed by atoms with van der Waals surface area (Å²) < 4.78 is 12.4. The van der Waals surface area contributed by atoms with E-state index in [1.165, 1.54) is 4.90 Å². The highest BCUT2D eigenvalue weighted by Crippen LogP contribution is 2.34. The van der Waals surface area contributed by atoms with Gasteiger partial charge in [-0.25, -0.2) is 9.97 Å². The molecule has 0 spiro atoms. The molecule has 13 heteroatoms. The molecule has 51 heavy (non-hydrogen) atoms. The molecule has 260 valence electrons. The van der Waals surface area contributed by atoms with Gasteiger partial charge in [0.1, 0.15) is 29.2 Å². The van der Waals surface area contributed by atoms with Crippen molar-refractivity contribution in [3.05, 3.63) is 90.1 Å². The Labute approximate surface area is 298 Å². The third-order valence-corrected chi connectivity index (χ3v) is 9.88. The van der Waals surface area contributed by atoms with E-state index in [4.69, 9.17) is 14.5 Å². The van der Waals surface area contributed by atoms with Gasteiger partial charge < -0.3 is 24.6 Å². The van der Waals surface area contributed by atoms with E-state index in [9.17, 15) is 19.2 Å². The highest BCUT2D eigenvalue weighted by molar-refractivity contribution is 7.21. The first-order valence-corrected chi connectivity index (χ1v) is 17.5. The van der Waals surface area contributed by atoms with Gasteiger partial charge in [0.15, 0.2) is 0 Å². The van der Waals surface area contributed by atoms with Crippen molar-refractivity contribution in [3.63, 3.8) is 0 Å². The van der Waals surface area contributed by atoms with Crippen LogP contribution in [0, 0.1) is 0 Å². The van der Waals surface area contributed by atoms with Crippen LogP contribution in [0.4, 0.5) is 11.5 Å². The van der Waals surface area contributed by atoms with E-state index in [2.05, 4.69) is 45.9 Å². The number of amides is 4. The Morgan fingerprint density at radius 3 is 2.53 bits per heavy atom. The molecule has 1 fully saturated rings. The van der Waals surface area contributed by atoms with Crippen LogP contribution in [0.3, 0.4) is 0 Å². The van der Waals surface area contributed by atoms with Gasteiger partial charge in [-0.3, -0.25) is 24.5 Å². The fourth-order valence-electron chi connectivity index (χ4n) is 6.10. The van der Waals surface area contributed by atoms with E-state index < -0.39 is 11.9 Å². The quantitative estimate of drug-likeness (QED) is 0.131. The number of aromatic nitrogens is 2. The molecule has 3 aromatic carbocycles. The van der Waals surface area contributed by atoms with Gasteiger partial charge in [0.2, 0.25) is 17.7 Å². The lowest BCUT2D eigenvalue weighted by atomic mass is 10.0. The first-order valence-electron chi connectivity index (χ1n) is 16.6. The Bertz CT molecular complexity index is 2110. The number of thiazole rings is 1. The number of anilines is 2. The van der Waals surface area contributed by atoms with Gasteiger partial charge in [0, 0.05) is 55.6 Å². The van der Waals surface area contributed by atoms with Crippen LogP contribution < -0.4 is 20.3 Å². The minimum absolute atomic E-state index is 0.160. The average Bonchev–Trinajstić information content (AvgIpc) is 3.70. The predicted molar refractivity (Wildman–Crippen MR) is 195 cm³/mol. The maximum Gasteiger partial charge on any atom is 0.255 e. The van der Waals surface area contributed by atoms with Crippen LogP contribution in [0.1, 0.15) is 35.2 Å². The number of carbonyl (C=O) groups is 4. The van der Waals surface area contributed by atoms with E-state index in [-0.39, 0.29) is 56.9 Å². The molecule has 2 aliphatic heterocycles. The van der Waals surface area contributed by atoms with E-state index in [1.54, 1.807) is 29.5 Å². The number of nitrogens with one attached hydrogen (secondary N) is 2. The summed E-state index contributed by atoms with van der Waals surface area (Å²) >= 11 is 1.57. The van der Waals surface area contributed by atoms with Gasteiger partial charge in [-0.05, 0) is 66.1 Å². The fraction of sp³-hybridized carbons (Fsp3) is 0.263. The summed E-state index contributed by atoms with van der Waals surface area (Å²) in [6.07, 6.45) is 2.58. The lowest BCUT2D eigenvalue weighted by Gasteiger charge is -2.29. The van der Waals surface area contributed by atoms with Crippen molar-refractivity contribution in [2.24, 2.45) is 0 Å². The molecule has 4 heterocycles. The number of piperidine rings is 1. The molecule has 5 aromatic rings. The number of benzene rings is 3. The second kappa shape index (κ2) is 14.7. The van der Waals surface area contributed by atoms with Crippen molar-refractivity contribution in [3.8, 4) is 27.4 Å². The number of carbonyl (C=O) groups excluding carboxylic acids is 4. The third-order valence-electron chi connectivity index (χ3n) is 8.81. The second-order valence-corrected chi connectivity index (χ2v) is 13.6. The lowest BCUT2D eigenvalue weighted by Crippen LogP contribution is -2.52. The number of fused-ring (bicyclic) bond motifs is 2. The molecule has 0 radical (unpaired) electrons. The van der Waals surface area contributed by atoms with Gasteiger partial charge in [-0.1, -0.05) is 24.3 Å². The van der Waals surface area contributed by atoms with Gasteiger partial charge in [0.25, 0.3) is 5.91 Å². The summed E-state index contributed by atoms with van der Waals surface area (Å²) in [6.45, 7) is 1.05. The Hall–Kier alpha value is -5.66. The normalized spacial score (nSPS) is 15.5. The van der Waals surface area contributed by atoms with Crippen LogP contribution in [0.2, 0.25) is 0 Å². The zero-order valence-electron chi connectivity index (χ0n) is 28.2. The monoisotopic (exact) mass is 704 g/mol. The predicted octanol–water partition coefficient (Wildman–Crippen LogP) is 5.28. The Kier molecular flexibility index (Phi) is 9.73. The summed E-state index contributed by atoms with van der Waals surface area (Å²) in [7, 11) is 3.94. The summed E-state index contributed by atoms with van der Waals surface area (Å²) in [5.41, 5.74) is 6.00. The van der Waals surface area contributed by atoms with Gasteiger partial charge in [-0.2, -0.15) is 0 Å². The molecule has 4 amide bonds. The van der Waals surface area contributed by atoms with E-state index >= 15 is 0 Å². The maximum absolute atomic E-state index is 12.9. The molecular weight excluding hydrogens is 669 g/mol. The van der Waals surface area contributed by atoms with Crippen LogP contribution in [-0.2, 0) is 25.7 Å². The molecule has 7 rings (SSSR count). The molecule has 1 saturated heterocycles. The highest BCUT2D eigenvalue weighted by atomic mass is 32.1. The Morgan fingerprint density at radius 2 is 1.76 bits per heavy atom. The van der Waals surface area contributed by atoms with Crippen molar-refractivity contribution < 1.29 is 28.7 Å². The number of pyridine rings is 1. The Morgan fingerprint density at radius 1 is 0.961 bits per heavy atom. The summed E-state index contributed by atoms with van der Waals surface area (Å²) in [4.78, 5) is 62.1. The molecule has 1 unspecified atom stereocenters. The fourth-order valence-corrected chi connectivity index (χ4v) is 7.11. The number of rotatable bonds is 12. The molecule has 0 saturated carbocycles. The standard InChI is InChI=1S/C38H36N6O6S/c1-43(2)33-13-7-25(21-39-33)23-3-5-24(6-4-23)37-41-30-11-8-27(20-32(30)51-37)40-35(46)15-16-49-17-18-50-28-9-10-29-26(19-28)22-44(38(29)48)31-12-14-34(45)42-36(31)47/h3-11,13,19-21,31H,12,14-18,22H2,1-2H3,(H,40,46)(H,42,45,47). The third kappa shape index (κ3) is 7.59. The smallest absolute Gasteiger partial charge is 0.255 e. The van der Waals surface area contributed by atoms with Gasteiger partial charge in [0.05, 0.1) is 29.9 Å². The molecule has 12 nitrogen and oxygen atoms in total. The Balaban J connectivity index is 0.849. The number of hydrogen-bond acceptors (Lipinski definition) is 10. The maximum atomic E-state index is 12.9. The van der Waals surface area contributed by atoms with Crippen molar-refractivity contribution in [1.29, 1.82) is 0 Å². The number of hydrogen-bond donors (Lipinski definition) is 2. The second-order valence-electron chi connectivity index (χ2n) is 12.6. The summed E-state index contributed by atoms with van der Waals surface area (Å²) in [5.74, 6) is 0.341. The van der Waals surface area contributed by atoms with Crippen LogP contribution in [0.25, 0.3) is 31.9 Å². The molecule has 2 aliphatic rings. The van der Waals surface area contributed by atoms with E-state index in [1.807, 2.05) is 49.5 Å². The van der Waals surface area contributed by atoms with Crippen molar-refractivity contribution >= 4 is 56.7 Å². The van der Waals surface area contributed by atoms with Crippen LogP contribution in [-0.4, -0.2) is 78.5 Å². The van der Waals surface area contributed by atoms with Gasteiger partial charge >= 0.3 is 0 Å². The van der Waals surface area contributed by atoms with Crippen LogP contribution >= 0.6 is 11.3 Å². The largest absolute Gasteiger partial charge is 0.491 e. The first-order chi connectivity index (χ1) is 24.7. The van der Waals surface area contributed by atoms with Gasteiger partial charge in [-0.15, -0.1) is 11.3 Å². The van der Waals surface area contributed by atoms with Crippen LogP contribution in [0.15, 0.2) is 79.0 Å². The minimum Gasteiger partial charge on any atom is -0.491 e. The number of nitrogens with zero attached hydrogens (tertiary/aromatic N) is 4. The molecule has 0 bridgehead atoms. The number of imide groups is 1. The SMILES string of the molecule is CN(C)c1ccc(-c2ccc(-c3nc4ccc(NC(=O)CCOCCOc5ccc6c(c5)CN(C5CCC(=O)NC5=O)C6=O)cc4s3)cc2)cn1. The zero-order valence-corrected chi connectivity index (χ0v) is 29.0. The molecule has 0 aliphatic carbocycles. The highest BCUT2D eigenvalue weighted by Gasteiger charge is 2.39. The molecule has 2 aromatic heterocycles. The van der Waals surface area contributed by atoms with E-state index in [0.29, 0.717) is 23.4 Å². The zero-order chi connectivity index (χ0) is 35.5. The first kappa shape index (κ1) is 33.8. The van der Waals surface area contributed by atoms with Crippen molar-refractivity contribution in [1.82, 2.24) is 20.2 Å². The van der Waals surface area contributed by atoms with Crippen molar-refractivity contribution in [2.75, 3.05) is 44.1 Å². The molecular formula is C38H36N6O6S. The minimum atomic E-state index is -0.661. The average molecular weight is 705 g/mol. The van der Waals surface area contributed by atoms with Crippen molar-refractivity contribution in [2.45, 2.75) is 31.8 Å². The number of ether oxygens (including phenoxy) is 2. The topological polar surface area (TPSA) is 143 Å². The molecule has 2 N–H and O–H groups in total. The lowest BCUT2D eigenvalue weighted by molar-refractivity contribution is -0.137. The molecule has 1 atom stereocenters. The van der Waals surface area contributed by atoms with E-state index in [0.717, 1.165) is 43.3 Å². The summed E-state index contributed by atoms with van der Waals surface area (Å²) in [5, 5.41) is 6.15. The summed E-state index contributed by atoms with van der Waals surface area (Å²) in [6, 6.07) is 22.6.